The summed E-state index contributed by atoms with van der Waals surface area (Å²) >= 11 is 1.28. The Morgan fingerprint density at radius 3 is 2.85 bits per heavy atom. The van der Waals surface area contributed by atoms with E-state index in [-0.39, 0.29) is 11.7 Å². The van der Waals surface area contributed by atoms with Crippen LogP contribution in [0.25, 0.3) is 0 Å². The second kappa shape index (κ2) is 8.49. The van der Waals surface area contributed by atoms with Crippen LogP contribution < -0.4 is 5.32 Å². The second-order valence-corrected chi connectivity index (χ2v) is 4.93. The topological polar surface area (TPSA) is 91.8 Å². The van der Waals surface area contributed by atoms with E-state index < -0.39 is 5.97 Å². The third-order valence-electron chi connectivity index (χ3n) is 2.62. The van der Waals surface area contributed by atoms with Crippen molar-refractivity contribution >= 4 is 23.3 Å². The van der Waals surface area contributed by atoms with Crippen molar-refractivity contribution in [2.75, 3.05) is 33.4 Å². The number of carboxylic acids is 1. The van der Waals surface area contributed by atoms with E-state index in [0.717, 1.165) is 0 Å². The Balaban J connectivity index is 2.34. The third kappa shape index (κ3) is 5.14. The van der Waals surface area contributed by atoms with Crippen molar-refractivity contribution in [2.24, 2.45) is 0 Å². The highest BCUT2D eigenvalue weighted by molar-refractivity contribution is 7.09. The molecular formula is C12H19N3O4S. The maximum Gasteiger partial charge on any atom is 0.355 e. The lowest BCUT2D eigenvalue weighted by Gasteiger charge is -2.20. The van der Waals surface area contributed by atoms with Crippen LogP contribution in [0.2, 0.25) is 0 Å². The highest BCUT2D eigenvalue weighted by Crippen LogP contribution is 2.09. The summed E-state index contributed by atoms with van der Waals surface area (Å²) in [5.41, 5.74) is 0.0478. The van der Waals surface area contributed by atoms with Crippen LogP contribution in [-0.2, 0) is 11.2 Å². The predicted octanol–water partition coefficient (Wildman–Crippen LogP) is 1.06. The Morgan fingerprint density at radius 2 is 2.30 bits per heavy atom. The zero-order valence-electron chi connectivity index (χ0n) is 11.6. The van der Waals surface area contributed by atoms with Crippen LogP contribution in [0.3, 0.4) is 0 Å². The van der Waals surface area contributed by atoms with Crippen LogP contribution in [-0.4, -0.2) is 60.3 Å². The summed E-state index contributed by atoms with van der Waals surface area (Å²) in [6, 6.07) is -0.153. The molecule has 7 nitrogen and oxygen atoms in total. The summed E-state index contributed by atoms with van der Waals surface area (Å²) in [7, 11) is 1.59. The molecule has 1 aromatic heterocycles. The predicted molar refractivity (Wildman–Crippen MR) is 75.3 cm³/mol. The standard InChI is InChI=1S/C12H19N3O4S/c1-3-15(6-7-19-2)12(18)13-5-4-10-14-9(8-20-10)11(16)17/h8H,3-7H2,1-2H3,(H,13,18)(H,16,17). The van der Waals surface area contributed by atoms with Gasteiger partial charge in [-0.15, -0.1) is 11.3 Å². The van der Waals surface area contributed by atoms with Crippen molar-refractivity contribution in [2.45, 2.75) is 13.3 Å². The van der Waals surface area contributed by atoms with E-state index in [0.29, 0.717) is 37.7 Å². The van der Waals surface area contributed by atoms with Gasteiger partial charge in [-0.1, -0.05) is 0 Å². The normalized spacial score (nSPS) is 10.3. The van der Waals surface area contributed by atoms with Crippen LogP contribution in [0.4, 0.5) is 4.79 Å². The number of likely N-dealkylation sites (N-methyl/N-ethyl adjacent to an activating group) is 1. The SMILES string of the molecule is CCN(CCOC)C(=O)NCCc1nc(C(=O)O)cs1. The molecule has 0 bridgehead atoms. The number of nitrogens with zero attached hydrogens (tertiary/aromatic N) is 2. The molecule has 112 valence electrons. The van der Waals surface area contributed by atoms with E-state index in [1.54, 1.807) is 12.0 Å². The number of nitrogens with one attached hydrogen (secondary N) is 1. The second-order valence-electron chi connectivity index (χ2n) is 3.99. The highest BCUT2D eigenvalue weighted by atomic mass is 32.1. The lowest BCUT2D eigenvalue weighted by Crippen LogP contribution is -2.42. The molecule has 0 aliphatic heterocycles. The molecule has 20 heavy (non-hydrogen) atoms. The first kappa shape index (κ1) is 16.4. The Kier molecular flexibility index (Phi) is 6.96. The number of aromatic nitrogens is 1. The van der Waals surface area contributed by atoms with Crippen molar-refractivity contribution < 1.29 is 19.4 Å². The summed E-state index contributed by atoms with van der Waals surface area (Å²) in [6.45, 7) is 3.97. The fourth-order valence-corrected chi connectivity index (χ4v) is 2.29. The molecule has 1 aromatic rings. The number of hydrogen-bond acceptors (Lipinski definition) is 5. The van der Waals surface area contributed by atoms with Crippen molar-refractivity contribution in [1.82, 2.24) is 15.2 Å². The van der Waals surface area contributed by atoms with Crippen LogP contribution in [0, 0.1) is 0 Å². The van der Waals surface area contributed by atoms with Gasteiger partial charge in [0.05, 0.1) is 11.6 Å². The van der Waals surface area contributed by atoms with Gasteiger partial charge in [0, 0.05) is 38.5 Å². The summed E-state index contributed by atoms with van der Waals surface area (Å²) in [6.07, 6.45) is 0.519. The average Bonchev–Trinajstić information content (AvgIpc) is 2.88. The summed E-state index contributed by atoms with van der Waals surface area (Å²) in [5, 5.41) is 13.7. The van der Waals surface area contributed by atoms with Gasteiger partial charge >= 0.3 is 12.0 Å². The number of rotatable bonds is 8. The zero-order chi connectivity index (χ0) is 15.0. The molecule has 0 unspecified atom stereocenters. The monoisotopic (exact) mass is 301 g/mol. The minimum absolute atomic E-state index is 0.0478. The van der Waals surface area contributed by atoms with Crippen molar-refractivity contribution in [3.05, 3.63) is 16.1 Å². The minimum atomic E-state index is -1.03. The van der Waals surface area contributed by atoms with Gasteiger partial charge < -0.3 is 20.1 Å². The lowest BCUT2D eigenvalue weighted by atomic mass is 10.4. The van der Waals surface area contributed by atoms with Gasteiger partial charge in [-0.2, -0.15) is 0 Å². The molecule has 0 saturated heterocycles. The quantitative estimate of drug-likeness (QED) is 0.749. The Morgan fingerprint density at radius 1 is 1.55 bits per heavy atom. The van der Waals surface area contributed by atoms with Gasteiger partial charge in [0.2, 0.25) is 0 Å². The third-order valence-corrected chi connectivity index (χ3v) is 3.53. The maximum atomic E-state index is 11.8. The number of methoxy groups -OCH3 is 1. The number of ether oxygens (including phenoxy) is 1. The maximum absolute atomic E-state index is 11.8. The molecule has 8 heteroatoms. The number of aromatic carboxylic acids is 1. The fraction of sp³-hybridized carbons (Fsp3) is 0.583. The number of carbonyl (C=O) groups is 2. The fourth-order valence-electron chi connectivity index (χ4n) is 1.52. The van der Waals surface area contributed by atoms with Crippen LogP contribution in [0.15, 0.2) is 5.38 Å². The van der Waals surface area contributed by atoms with Crippen LogP contribution in [0.1, 0.15) is 22.4 Å². The molecule has 2 N–H and O–H groups in total. The van der Waals surface area contributed by atoms with Gasteiger partial charge in [-0.3, -0.25) is 0 Å². The van der Waals surface area contributed by atoms with E-state index >= 15 is 0 Å². The molecule has 0 fully saturated rings. The Bertz CT molecular complexity index is 450. The molecule has 0 atom stereocenters. The molecule has 0 spiro atoms. The highest BCUT2D eigenvalue weighted by Gasteiger charge is 2.11. The summed E-state index contributed by atoms with van der Waals surface area (Å²) < 4.78 is 4.94. The first-order chi connectivity index (χ1) is 9.58. The van der Waals surface area contributed by atoms with E-state index in [9.17, 15) is 9.59 Å². The number of urea groups is 1. The largest absolute Gasteiger partial charge is 0.476 e. The number of thiazole rings is 1. The van der Waals surface area contributed by atoms with Crippen molar-refractivity contribution in [1.29, 1.82) is 0 Å². The Labute approximate surface area is 121 Å². The van der Waals surface area contributed by atoms with Crippen molar-refractivity contribution in [3.63, 3.8) is 0 Å². The van der Waals surface area contributed by atoms with E-state index in [1.165, 1.54) is 16.7 Å². The van der Waals surface area contributed by atoms with Crippen LogP contribution in [0.5, 0.6) is 0 Å². The van der Waals surface area contributed by atoms with Gasteiger partial charge in [0.1, 0.15) is 0 Å². The number of carbonyl (C=O) groups excluding carboxylic acids is 1. The van der Waals surface area contributed by atoms with E-state index in [4.69, 9.17) is 9.84 Å². The minimum Gasteiger partial charge on any atom is -0.476 e. The average molecular weight is 301 g/mol. The summed E-state index contributed by atoms with van der Waals surface area (Å²) in [5.74, 6) is -1.03. The van der Waals surface area contributed by atoms with Gasteiger partial charge in [-0.05, 0) is 6.92 Å². The number of hydrogen-bond donors (Lipinski definition) is 2. The smallest absolute Gasteiger partial charge is 0.355 e. The van der Waals surface area contributed by atoms with E-state index in [1.807, 2.05) is 6.92 Å². The van der Waals surface area contributed by atoms with Crippen LogP contribution >= 0.6 is 11.3 Å². The molecule has 0 radical (unpaired) electrons. The molecule has 0 aromatic carbocycles. The first-order valence-electron chi connectivity index (χ1n) is 6.27. The van der Waals surface area contributed by atoms with Gasteiger partial charge in [-0.25, -0.2) is 14.6 Å². The molecule has 0 saturated carbocycles. The first-order valence-corrected chi connectivity index (χ1v) is 7.15. The molecule has 2 amide bonds. The molecule has 1 heterocycles. The number of amides is 2. The Hall–Kier alpha value is -1.67. The lowest BCUT2D eigenvalue weighted by molar-refractivity contribution is 0.0691. The zero-order valence-corrected chi connectivity index (χ0v) is 12.4. The molecular weight excluding hydrogens is 282 g/mol. The van der Waals surface area contributed by atoms with Crippen molar-refractivity contribution in [3.8, 4) is 0 Å². The van der Waals surface area contributed by atoms with Gasteiger partial charge in [0.15, 0.2) is 5.69 Å². The number of carboxylic acid groups (broad SMARTS) is 1. The van der Waals surface area contributed by atoms with Gasteiger partial charge in [0.25, 0.3) is 0 Å². The molecule has 0 aliphatic rings. The van der Waals surface area contributed by atoms with E-state index in [2.05, 4.69) is 10.3 Å². The molecule has 1 rings (SSSR count). The summed E-state index contributed by atoms with van der Waals surface area (Å²) in [4.78, 5) is 28.1. The molecule has 0 aliphatic carbocycles.